The van der Waals surface area contributed by atoms with Gasteiger partial charge in [0.05, 0.1) is 22.6 Å². The lowest BCUT2D eigenvalue weighted by Crippen LogP contribution is -2.49. The van der Waals surface area contributed by atoms with Gasteiger partial charge in [0.15, 0.2) is 0 Å². The van der Waals surface area contributed by atoms with Crippen LogP contribution in [0.4, 0.5) is 0 Å². The molecular weight excluding hydrogens is 336 g/mol. The van der Waals surface area contributed by atoms with Crippen molar-refractivity contribution in [3.8, 4) is 0 Å². The number of hydrogen-bond donors (Lipinski definition) is 0. The topological polar surface area (TPSA) is 50.5 Å². The Morgan fingerprint density at radius 1 is 1.04 bits per heavy atom. The number of rotatable bonds is 3. The van der Waals surface area contributed by atoms with Crippen LogP contribution in [0.15, 0.2) is 46.6 Å². The highest BCUT2D eigenvalue weighted by molar-refractivity contribution is 7.12. The number of carbonyl (C=O) groups excluding carboxylic acids is 1. The standard InChI is InChI=1S/C18H20N4O2S/c1-19-14-5-2-3-6-15(14)22(18(19)24)13-20-8-10-21(11-9-20)17(23)16-7-4-12-25-16/h2-7,12H,8-11,13H2,1H3. The third kappa shape index (κ3) is 2.89. The van der Waals surface area contributed by atoms with Crippen molar-refractivity contribution in [3.63, 3.8) is 0 Å². The van der Waals surface area contributed by atoms with Gasteiger partial charge in [-0.1, -0.05) is 18.2 Å². The molecule has 1 saturated heterocycles. The molecule has 0 radical (unpaired) electrons. The molecule has 1 aliphatic rings. The molecule has 4 rings (SSSR count). The summed E-state index contributed by atoms with van der Waals surface area (Å²) in [5.74, 6) is 0.108. The molecule has 0 unspecified atom stereocenters. The Kier molecular flexibility index (Phi) is 4.19. The molecule has 1 aromatic carbocycles. The summed E-state index contributed by atoms with van der Waals surface area (Å²) in [6.45, 7) is 3.48. The molecule has 6 nitrogen and oxygen atoms in total. The minimum absolute atomic E-state index is 0.00158. The van der Waals surface area contributed by atoms with Crippen molar-refractivity contribution < 1.29 is 4.79 Å². The summed E-state index contributed by atoms with van der Waals surface area (Å²) in [5.41, 5.74) is 1.89. The van der Waals surface area contributed by atoms with E-state index in [9.17, 15) is 9.59 Å². The molecule has 3 heterocycles. The van der Waals surface area contributed by atoms with Crippen LogP contribution in [-0.4, -0.2) is 51.0 Å². The quantitative estimate of drug-likeness (QED) is 0.719. The molecule has 1 amide bonds. The molecular formula is C18H20N4O2S. The molecule has 130 valence electrons. The number of nitrogens with zero attached hydrogens (tertiary/aromatic N) is 4. The predicted octanol–water partition coefficient (Wildman–Crippen LogP) is 1.82. The second-order valence-corrected chi connectivity index (χ2v) is 7.23. The molecule has 0 spiro atoms. The number of hydrogen-bond acceptors (Lipinski definition) is 4. The summed E-state index contributed by atoms with van der Waals surface area (Å²) in [4.78, 5) is 29.9. The van der Waals surface area contributed by atoms with Gasteiger partial charge in [-0.25, -0.2) is 4.79 Å². The Morgan fingerprint density at radius 2 is 1.76 bits per heavy atom. The lowest BCUT2D eigenvalue weighted by Gasteiger charge is -2.34. The maximum absolute atomic E-state index is 12.5. The number of carbonyl (C=O) groups is 1. The molecule has 0 atom stereocenters. The van der Waals surface area contributed by atoms with E-state index in [4.69, 9.17) is 0 Å². The SMILES string of the molecule is Cn1c(=O)n(CN2CCN(C(=O)c3cccs3)CC2)c2ccccc21. The first-order valence-corrected chi connectivity index (χ1v) is 9.22. The summed E-state index contributed by atoms with van der Waals surface area (Å²) >= 11 is 1.48. The van der Waals surface area contributed by atoms with Gasteiger partial charge in [0, 0.05) is 33.2 Å². The maximum Gasteiger partial charge on any atom is 0.329 e. The summed E-state index contributed by atoms with van der Waals surface area (Å²) in [6, 6.07) is 11.6. The third-order valence-electron chi connectivity index (χ3n) is 4.78. The molecule has 0 bridgehead atoms. The number of amides is 1. The monoisotopic (exact) mass is 356 g/mol. The van der Waals surface area contributed by atoms with Gasteiger partial charge in [0.1, 0.15) is 0 Å². The molecule has 3 aromatic rings. The summed E-state index contributed by atoms with van der Waals surface area (Å²) in [5, 5.41) is 1.93. The predicted molar refractivity (Wildman–Crippen MR) is 99.0 cm³/mol. The van der Waals surface area contributed by atoms with Crippen LogP contribution in [-0.2, 0) is 13.7 Å². The Balaban J connectivity index is 1.47. The number of imidazole rings is 1. The van der Waals surface area contributed by atoms with Crippen molar-refractivity contribution in [1.82, 2.24) is 18.9 Å². The number of aromatic nitrogens is 2. The van der Waals surface area contributed by atoms with Gasteiger partial charge in [0.2, 0.25) is 0 Å². The lowest BCUT2D eigenvalue weighted by molar-refractivity contribution is 0.0599. The first-order chi connectivity index (χ1) is 12.1. The van der Waals surface area contributed by atoms with E-state index in [1.54, 1.807) is 11.6 Å². The average Bonchev–Trinajstić information content (AvgIpc) is 3.26. The maximum atomic E-state index is 12.5. The van der Waals surface area contributed by atoms with Crippen LogP contribution in [0.2, 0.25) is 0 Å². The van der Waals surface area contributed by atoms with E-state index in [1.165, 1.54) is 11.3 Å². The Bertz CT molecular complexity index is 949. The summed E-state index contributed by atoms with van der Waals surface area (Å²) in [7, 11) is 1.80. The van der Waals surface area contributed by atoms with Gasteiger partial charge in [-0.05, 0) is 23.6 Å². The highest BCUT2D eigenvalue weighted by Gasteiger charge is 2.23. The second-order valence-electron chi connectivity index (χ2n) is 6.29. The van der Waals surface area contributed by atoms with Gasteiger partial charge < -0.3 is 4.90 Å². The number of para-hydroxylation sites is 2. The van der Waals surface area contributed by atoms with E-state index < -0.39 is 0 Å². The largest absolute Gasteiger partial charge is 0.335 e. The first kappa shape index (κ1) is 16.1. The van der Waals surface area contributed by atoms with E-state index in [1.807, 2.05) is 51.2 Å². The van der Waals surface area contributed by atoms with E-state index >= 15 is 0 Å². The zero-order valence-electron chi connectivity index (χ0n) is 14.1. The van der Waals surface area contributed by atoms with Gasteiger partial charge >= 0.3 is 5.69 Å². The van der Waals surface area contributed by atoms with Crippen LogP contribution in [0, 0.1) is 0 Å². The van der Waals surface area contributed by atoms with Crippen LogP contribution in [0.3, 0.4) is 0 Å². The van der Waals surface area contributed by atoms with Gasteiger partial charge in [-0.3, -0.25) is 18.8 Å². The fourth-order valence-corrected chi connectivity index (χ4v) is 4.04. The van der Waals surface area contributed by atoms with Crippen molar-refractivity contribution in [1.29, 1.82) is 0 Å². The zero-order chi connectivity index (χ0) is 17.4. The highest BCUT2D eigenvalue weighted by atomic mass is 32.1. The minimum Gasteiger partial charge on any atom is -0.335 e. The zero-order valence-corrected chi connectivity index (χ0v) is 14.9. The molecule has 0 N–H and O–H groups in total. The number of benzene rings is 1. The van der Waals surface area contributed by atoms with Crippen LogP contribution in [0.1, 0.15) is 9.67 Å². The highest BCUT2D eigenvalue weighted by Crippen LogP contribution is 2.15. The van der Waals surface area contributed by atoms with Crippen LogP contribution in [0.5, 0.6) is 0 Å². The molecule has 7 heteroatoms. The minimum atomic E-state index is -0.00158. The molecule has 25 heavy (non-hydrogen) atoms. The summed E-state index contributed by atoms with van der Waals surface area (Å²) in [6.07, 6.45) is 0. The number of aryl methyl sites for hydroxylation is 1. The van der Waals surface area contributed by atoms with Crippen molar-refractivity contribution in [3.05, 3.63) is 57.1 Å². The van der Waals surface area contributed by atoms with Crippen molar-refractivity contribution in [2.24, 2.45) is 7.05 Å². The normalized spacial score (nSPS) is 15.8. The Morgan fingerprint density at radius 3 is 2.44 bits per heavy atom. The van der Waals surface area contributed by atoms with E-state index in [2.05, 4.69) is 4.90 Å². The van der Waals surface area contributed by atoms with Crippen LogP contribution < -0.4 is 5.69 Å². The van der Waals surface area contributed by atoms with E-state index in [0.29, 0.717) is 19.8 Å². The fourth-order valence-electron chi connectivity index (χ4n) is 3.35. The van der Waals surface area contributed by atoms with Crippen molar-refractivity contribution >= 4 is 28.3 Å². The molecule has 1 aliphatic heterocycles. The van der Waals surface area contributed by atoms with Crippen LogP contribution >= 0.6 is 11.3 Å². The lowest BCUT2D eigenvalue weighted by atomic mass is 10.3. The smallest absolute Gasteiger partial charge is 0.329 e. The number of fused-ring (bicyclic) bond motifs is 1. The number of piperazine rings is 1. The third-order valence-corrected chi connectivity index (χ3v) is 5.64. The molecule has 0 aliphatic carbocycles. The Hall–Kier alpha value is -2.38. The Labute approximate surface area is 149 Å². The van der Waals surface area contributed by atoms with Crippen molar-refractivity contribution in [2.45, 2.75) is 6.67 Å². The van der Waals surface area contributed by atoms with E-state index in [-0.39, 0.29) is 11.6 Å². The fraction of sp³-hybridized carbons (Fsp3) is 0.333. The van der Waals surface area contributed by atoms with Crippen LogP contribution in [0.25, 0.3) is 11.0 Å². The first-order valence-electron chi connectivity index (χ1n) is 8.34. The molecule has 2 aromatic heterocycles. The average molecular weight is 356 g/mol. The van der Waals surface area contributed by atoms with Gasteiger partial charge in [-0.15, -0.1) is 11.3 Å². The van der Waals surface area contributed by atoms with Gasteiger partial charge in [-0.2, -0.15) is 0 Å². The van der Waals surface area contributed by atoms with E-state index in [0.717, 1.165) is 29.0 Å². The van der Waals surface area contributed by atoms with Crippen molar-refractivity contribution in [2.75, 3.05) is 26.2 Å². The second kappa shape index (κ2) is 6.50. The molecule has 0 saturated carbocycles. The van der Waals surface area contributed by atoms with Gasteiger partial charge in [0.25, 0.3) is 5.91 Å². The summed E-state index contributed by atoms with van der Waals surface area (Å²) < 4.78 is 3.50. The molecule has 1 fully saturated rings. The number of thiophene rings is 1.